The number of nitrogens with zero attached hydrogens (tertiary/aromatic N) is 2. The van der Waals surface area contributed by atoms with Gasteiger partial charge in [-0.25, -0.2) is 0 Å². The molecule has 22 heavy (non-hydrogen) atoms. The van der Waals surface area contributed by atoms with Crippen LogP contribution in [0.25, 0.3) is 0 Å². The largest absolute Gasteiger partial charge is 0.464 e. The van der Waals surface area contributed by atoms with Crippen molar-refractivity contribution < 1.29 is 14.8 Å². The van der Waals surface area contributed by atoms with Gasteiger partial charge in [-0.2, -0.15) is 11.8 Å². The monoisotopic (exact) mass is 332 g/mol. The van der Waals surface area contributed by atoms with Gasteiger partial charge in [-0.15, -0.1) is 0 Å². The fourth-order valence-electron chi connectivity index (χ4n) is 1.63. The minimum absolute atomic E-state index is 0. The molecule has 0 spiro atoms. The molecule has 0 aliphatic rings. The molecular weight excluding hydrogens is 308 g/mol. The molecular formula is C13H24N4O4S. The lowest BCUT2D eigenvalue weighted by Crippen LogP contribution is -2.26. The first kappa shape index (κ1) is 20.3. The third-order valence-corrected chi connectivity index (χ3v) is 3.48. The number of nitrogens with one attached hydrogen (secondary N) is 2. The fourth-order valence-corrected chi connectivity index (χ4v) is 2.38. The molecule has 0 atom stereocenters. The molecule has 0 fully saturated rings. The van der Waals surface area contributed by atoms with Crippen LogP contribution in [0, 0.1) is 10.1 Å². The van der Waals surface area contributed by atoms with Gasteiger partial charge in [0.1, 0.15) is 11.5 Å². The lowest BCUT2D eigenvalue weighted by Gasteiger charge is -2.07. The summed E-state index contributed by atoms with van der Waals surface area (Å²) in [4.78, 5) is 11.9. The second kappa shape index (κ2) is 10.9. The number of nitro groups is 1. The Morgan fingerprint density at radius 2 is 2.14 bits per heavy atom. The highest BCUT2D eigenvalue weighted by Gasteiger charge is 2.04. The summed E-state index contributed by atoms with van der Waals surface area (Å²) >= 11 is 1.72. The molecule has 8 nitrogen and oxygen atoms in total. The Balaban J connectivity index is 0.00000441. The normalized spacial score (nSPS) is 11.2. The van der Waals surface area contributed by atoms with Gasteiger partial charge >= 0.3 is 0 Å². The average molecular weight is 332 g/mol. The molecule has 4 N–H and O–H groups in total. The Morgan fingerprint density at radius 1 is 1.45 bits per heavy atom. The van der Waals surface area contributed by atoms with Gasteiger partial charge in [-0.05, 0) is 26.2 Å². The van der Waals surface area contributed by atoms with Crippen LogP contribution in [0.2, 0.25) is 0 Å². The number of hydrogen-bond donors (Lipinski definition) is 2. The van der Waals surface area contributed by atoms with Crippen LogP contribution in [0.4, 0.5) is 0 Å². The SMILES string of the molecule is CNC(=C[N+](=O)[O-])NCCSCc1ccc(CN(C)C)o1.O. The van der Waals surface area contributed by atoms with E-state index in [1.807, 2.05) is 26.2 Å². The zero-order chi connectivity index (χ0) is 15.7. The van der Waals surface area contributed by atoms with Crippen LogP contribution < -0.4 is 10.6 Å². The van der Waals surface area contributed by atoms with Crippen LogP contribution in [-0.2, 0) is 12.3 Å². The number of thioether (sulfide) groups is 1. The van der Waals surface area contributed by atoms with Crippen LogP contribution in [0.3, 0.4) is 0 Å². The van der Waals surface area contributed by atoms with Crippen molar-refractivity contribution in [1.82, 2.24) is 15.5 Å². The molecule has 1 heterocycles. The molecule has 126 valence electrons. The van der Waals surface area contributed by atoms with Gasteiger partial charge in [0.2, 0.25) is 0 Å². The maximum atomic E-state index is 10.3. The van der Waals surface area contributed by atoms with E-state index in [1.54, 1.807) is 18.8 Å². The van der Waals surface area contributed by atoms with E-state index in [2.05, 4.69) is 15.5 Å². The minimum atomic E-state index is -0.485. The van der Waals surface area contributed by atoms with E-state index in [-0.39, 0.29) is 5.48 Å². The maximum absolute atomic E-state index is 10.3. The zero-order valence-electron chi connectivity index (χ0n) is 13.1. The smallest absolute Gasteiger partial charge is 0.274 e. The first-order valence-corrected chi connectivity index (χ1v) is 7.73. The first-order chi connectivity index (χ1) is 10.0. The van der Waals surface area contributed by atoms with Crippen LogP contribution >= 0.6 is 11.8 Å². The van der Waals surface area contributed by atoms with Gasteiger partial charge in [0.05, 0.1) is 17.2 Å². The van der Waals surface area contributed by atoms with E-state index in [4.69, 9.17) is 4.42 Å². The summed E-state index contributed by atoms with van der Waals surface area (Å²) in [6, 6.07) is 3.98. The molecule has 0 amide bonds. The lowest BCUT2D eigenvalue weighted by atomic mass is 10.4. The van der Waals surface area contributed by atoms with Crippen molar-refractivity contribution in [2.45, 2.75) is 12.3 Å². The molecule has 0 unspecified atom stereocenters. The summed E-state index contributed by atoms with van der Waals surface area (Å²) in [6.07, 6.45) is 0.921. The van der Waals surface area contributed by atoms with Crippen LogP contribution in [0.1, 0.15) is 11.5 Å². The Morgan fingerprint density at radius 3 is 2.73 bits per heavy atom. The Kier molecular flexibility index (Phi) is 10.1. The average Bonchev–Trinajstić information content (AvgIpc) is 2.83. The van der Waals surface area contributed by atoms with Crippen molar-refractivity contribution in [2.24, 2.45) is 0 Å². The third kappa shape index (κ3) is 8.55. The van der Waals surface area contributed by atoms with Crippen LogP contribution in [-0.4, -0.2) is 48.7 Å². The molecule has 9 heteroatoms. The quantitative estimate of drug-likeness (QED) is 0.367. The molecule has 1 aromatic heterocycles. The van der Waals surface area contributed by atoms with Gasteiger partial charge in [0, 0.05) is 19.3 Å². The standard InChI is InChI=1S/C13H22N4O3S.H2O/c1-14-13(9-17(18)19)15-6-7-21-10-12-5-4-11(20-12)8-16(2)3;/h4-5,9,14-15H,6-8,10H2,1-3H3;1H2. The Bertz CT molecular complexity index is 476. The summed E-state index contributed by atoms with van der Waals surface area (Å²) in [5.41, 5.74) is 0. The summed E-state index contributed by atoms with van der Waals surface area (Å²) < 4.78 is 5.70. The summed E-state index contributed by atoms with van der Waals surface area (Å²) in [7, 11) is 5.64. The molecule has 0 radical (unpaired) electrons. The third-order valence-electron chi connectivity index (χ3n) is 2.50. The van der Waals surface area contributed by atoms with Crippen molar-refractivity contribution in [3.05, 3.63) is 45.8 Å². The molecule has 0 bridgehead atoms. The summed E-state index contributed by atoms with van der Waals surface area (Å²) in [5.74, 6) is 3.95. The van der Waals surface area contributed by atoms with Crippen molar-refractivity contribution in [2.75, 3.05) is 33.4 Å². The fraction of sp³-hybridized carbons (Fsp3) is 0.538. The van der Waals surface area contributed by atoms with Gasteiger partial charge in [-0.3, -0.25) is 10.1 Å². The van der Waals surface area contributed by atoms with E-state index in [1.165, 1.54) is 0 Å². The highest BCUT2D eigenvalue weighted by molar-refractivity contribution is 7.98. The van der Waals surface area contributed by atoms with Gasteiger partial charge < -0.3 is 25.4 Å². The predicted molar refractivity (Wildman–Crippen MR) is 88.0 cm³/mol. The number of furan rings is 1. The second-order valence-electron chi connectivity index (χ2n) is 4.66. The molecule has 1 rings (SSSR count). The Hall–Kier alpha value is -1.71. The van der Waals surface area contributed by atoms with E-state index in [0.717, 1.165) is 35.8 Å². The topological polar surface area (TPSA) is 115 Å². The molecule has 0 aliphatic heterocycles. The highest BCUT2D eigenvalue weighted by atomic mass is 32.2. The van der Waals surface area contributed by atoms with Gasteiger partial charge in [-0.1, -0.05) is 0 Å². The molecule has 0 aliphatic carbocycles. The van der Waals surface area contributed by atoms with Crippen molar-refractivity contribution >= 4 is 11.8 Å². The second-order valence-corrected chi connectivity index (χ2v) is 5.77. The highest BCUT2D eigenvalue weighted by Crippen LogP contribution is 2.15. The number of rotatable bonds is 10. The molecule has 1 aromatic rings. The van der Waals surface area contributed by atoms with Crippen LogP contribution in [0.5, 0.6) is 0 Å². The van der Waals surface area contributed by atoms with E-state index >= 15 is 0 Å². The maximum Gasteiger partial charge on any atom is 0.274 e. The van der Waals surface area contributed by atoms with Gasteiger partial charge in [0.25, 0.3) is 6.20 Å². The molecule has 0 saturated heterocycles. The van der Waals surface area contributed by atoms with E-state index in [9.17, 15) is 10.1 Å². The lowest BCUT2D eigenvalue weighted by molar-refractivity contribution is -0.404. The van der Waals surface area contributed by atoms with Crippen LogP contribution in [0.15, 0.2) is 28.6 Å². The van der Waals surface area contributed by atoms with Gasteiger partial charge in [0.15, 0.2) is 5.82 Å². The zero-order valence-corrected chi connectivity index (χ0v) is 13.9. The minimum Gasteiger partial charge on any atom is -0.464 e. The van der Waals surface area contributed by atoms with E-state index < -0.39 is 4.92 Å². The first-order valence-electron chi connectivity index (χ1n) is 6.58. The summed E-state index contributed by atoms with van der Waals surface area (Å²) in [5, 5.41) is 16.1. The van der Waals surface area contributed by atoms with Crippen molar-refractivity contribution in [3.8, 4) is 0 Å². The molecule has 0 aromatic carbocycles. The van der Waals surface area contributed by atoms with Crippen molar-refractivity contribution in [3.63, 3.8) is 0 Å². The van der Waals surface area contributed by atoms with E-state index in [0.29, 0.717) is 12.4 Å². The molecule has 0 saturated carbocycles. The number of hydrogen-bond acceptors (Lipinski definition) is 7. The van der Waals surface area contributed by atoms with Crippen molar-refractivity contribution in [1.29, 1.82) is 0 Å². The Labute approximate surface area is 134 Å². The summed E-state index contributed by atoms with van der Waals surface area (Å²) in [6.45, 7) is 1.44. The predicted octanol–water partition coefficient (Wildman–Crippen LogP) is 0.634.